The summed E-state index contributed by atoms with van der Waals surface area (Å²) >= 11 is 0. The van der Waals surface area contributed by atoms with Gasteiger partial charge in [0.05, 0.1) is 13.2 Å². The van der Waals surface area contributed by atoms with Gasteiger partial charge in [0.2, 0.25) is 0 Å². The number of aryl methyl sites for hydroxylation is 1. The molecule has 0 N–H and O–H groups in total. The number of rotatable bonds is 4. The van der Waals surface area contributed by atoms with Crippen LogP contribution in [0.2, 0.25) is 0 Å². The summed E-state index contributed by atoms with van der Waals surface area (Å²) in [6.07, 6.45) is 1.46. The topological polar surface area (TPSA) is 58.6 Å². The van der Waals surface area contributed by atoms with Crippen LogP contribution in [0.1, 0.15) is 23.0 Å². The van der Waals surface area contributed by atoms with E-state index in [4.69, 9.17) is 4.74 Å². The SMILES string of the molecule is CCN(C(=O)c1cc(N2CCOCC2)ncn1)c1ccccc1C. The molecular formula is C18H22N4O2. The fourth-order valence-electron chi connectivity index (χ4n) is 2.86. The van der Waals surface area contributed by atoms with Gasteiger partial charge < -0.3 is 14.5 Å². The molecule has 3 rings (SSSR count). The summed E-state index contributed by atoms with van der Waals surface area (Å²) in [7, 11) is 0. The number of ether oxygens (including phenoxy) is 1. The molecule has 1 aliphatic rings. The van der Waals surface area contributed by atoms with Crippen LogP contribution < -0.4 is 9.80 Å². The van der Waals surface area contributed by atoms with Crippen molar-refractivity contribution in [1.82, 2.24) is 9.97 Å². The molecule has 0 saturated carbocycles. The van der Waals surface area contributed by atoms with Crippen LogP contribution in [0.25, 0.3) is 0 Å². The largest absolute Gasteiger partial charge is 0.378 e. The predicted octanol–water partition coefficient (Wildman–Crippen LogP) is 2.29. The van der Waals surface area contributed by atoms with Gasteiger partial charge in [0.1, 0.15) is 17.8 Å². The molecule has 0 spiro atoms. The fourth-order valence-corrected chi connectivity index (χ4v) is 2.86. The summed E-state index contributed by atoms with van der Waals surface area (Å²) in [5.41, 5.74) is 2.39. The smallest absolute Gasteiger partial charge is 0.277 e. The second-order valence-electron chi connectivity index (χ2n) is 5.70. The van der Waals surface area contributed by atoms with Gasteiger partial charge >= 0.3 is 0 Å². The molecule has 1 fully saturated rings. The summed E-state index contributed by atoms with van der Waals surface area (Å²) in [5, 5.41) is 0. The molecule has 0 bridgehead atoms. The fraction of sp³-hybridized carbons (Fsp3) is 0.389. The lowest BCUT2D eigenvalue weighted by Crippen LogP contribution is -2.37. The molecule has 24 heavy (non-hydrogen) atoms. The number of nitrogens with zero attached hydrogens (tertiary/aromatic N) is 4. The van der Waals surface area contributed by atoms with Crippen molar-refractivity contribution in [1.29, 1.82) is 0 Å². The van der Waals surface area contributed by atoms with Gasteiger partial charge in [0, 0.05) is 31.4 Å². The molecule has 0 unspecified atom stereocenters. The minimum Gasteiger partial charge on any atom is -0.378 e. The monoisotopic (exact) mass is 326 g/mol. The van der Waals surface area contributed by atoms with Crippen molar-refractivity contribution in [3.05, 3.63) is 47.9 Å². The Morgan fingerprint density at radius 2 is 2.00 bits per heavy atom. The highest BCUT2D eigenvalue weighted by molar-refractivity contribution is 6.05. The third-order valence-electron chi connectivity index (χ3n) is 4.17. The number of hydrogen-bond acceptors (Lipinski definition) is 5. The van der Waals surface area contributed by atoms with E-state index in [2.05, 4.69) is 14.9 Å². The Kier molecular flexibility index (Phi) is 5.05. The Morgan fingerprint density at radius 3 is 2.71 bits per heavy atom. The number of para-hydroxylation sites is 1. The molecule has 0 aliphatic carbocycles. The lowest BCUT2D eigenvalue weighted by molar-refractivity contribution is 0.0983. The van der Waals surface area contributed by atoms with E-state index >= 15 is 0 Å². The number of anilines is 2. The van der Waals surface area contributed by atoms with E-state index in [9.17, 15) is 4.79 Å². The quantitative estimate of drug-likeness (QED) is 0.863. The number of benzene rings is 1. The third kappa shape index (κ3) is 3.38. The molecule has 6 nitrogen and oxygen atoms in total. The summed E-state index contributed by atoms with van der Waals surface area (Å²) in [6, 6.07) is 9.65. The van der Waals surface area contributed by atoms with Gasteiger partial charge in [-0.15, -0.1) is 0 Å². The van der Waals surface area contributed by atoms with E-state index in [0.717, 1.165) is 30.2 Å². The van der Waals surface area contributed by atoms with Gasteiger partial charge in [-0.25, -0.2) is 9.97 Å². The molecule has 1 aromatic carbocycles. The van der Waals surface area contributed by atoms with Crippen molar-refractivity contribution in [3.63, 3.8) is 0 Å². The van der Waals surface area contributed by atoms with E-state index < -0.39 is 0 Å². The van der Waals surface area contributed by atoms with Gasteiger partial charge in [-0.3, -0.25) is 4.79 Å². The molecule has 6 heteroatoms. The van der Waals surface area contributed by atoms with Crippen LogP contribution in [0.5, 0.6) is 0 Å². The highest BCUT2D eigenvalue weighted by atomic mass is 16.5. The summed E-state index contributed by atoms with van der Waals surface area (Å²) in [4.78, 5) is 25.3. The first-order chi connectivity index (χ1) is 11.7. The molecule has 1 aromatic heterocycles. The molecule has 1 saturated heterocycles. The maximum Gasteiger partial charge on any atom is 0.277 e. The van der Waals surface area contributed by atoms with Crippen LogP contribution in [-0.4, -0.2) is 48.7 Å². The predicted molar refractivity (Wildman–Crippen MR) is 93.6 cm³/mol. The van der Waals surface area contributed by atoms with Gasteiger partial charge in [-0.1, -0.05) is 18.2 Å². The highest BCUT2D eigenvalue weighted by Gasteiger charge is 2.21. The molecule has 1 aliphatic heterocycles. The van der Waals surface area contributed by atoms with Gasteiger partial charge in [-0.2, -0.15) is 0 Å². The first-order valence-corrected chi connectivity index (χ1v) is 8.23. The lowest BCUT2D eigenvalue weighted by atomic mass is 10.1. The van der Waals surface area contributed by atoms with Crippen LogP contribution in [-0.2, 0) is 4.74 Å². The maximum atomic E-state index is 13.0. The van der Waals surface area contributed by atoms with E-state index in [1.807, 2.05) is 38.1 Å². The van der Waals surface area contributed by atoms with E-state index in [-0.39, 0.29) is 5.91 Å². The van der Waals surface area contributed by atoms with E-state index in [1.165, 1.54) is 6.33 Å². The van der Waals surface area contributed by atoms with Crippen molar-refractivity contribution in [3.8, 4) is 0 Å². The van der Waals surface area contributed by atoms with Crippen LogP contribution in [0.4, 0.5) is 11.5 Å². The Labute approximate surface area is 142 Å². The zero-order chi connectivity index (χ0) is 16.9. The van der Waals surface area contributed by atoms with Crippen molar-refractivity contribution >= 4 is 17.4 Å². The van der Waals surface area contributed by atoms with E-state index in [1.54, 1.807) is 11.0 Å². The maximum absolute atomic E-state index is 13.0. The zero-order valence-electron chi connectivity index (χ0n) is 14.1. The minimum absolute atomic E-state index is 0.108. The third-order valence-corrected chi connectivity index (χ3v) is 4.17. The number of morpholine rings is 1. The van der Waals surface area contributed by atoms with Crippen LogP contribution in [0.15, 0.2) is 36.7 Å². The molecular weight excluding hydrogens is 304 g/mol. The lowest BCUT2D eigenvalue weighted by Gasteiger charge is -2.28. The first-order valence-electron chi connectivity index (χ1n) is 8.23. The number of hydrogen-bond donors (Lipinski definition) is 0. The van der Waals surface area contributed by atoms with Crippen LogP contribution in [0.3, 0.4) is 0 Å². The normalized spacial score (nSPS) is 14.5. The standard InChI is InChI=1S/C18H22N4O2/c1-3-22(16-7-5-4-6-14(16)2)18(23)15-12-17(20-13-19-15)21-8-10-24-11-9-21/h4-7,12-13H,3,8-11H2,1-2H3. The van der Waals surface area contributed by atoms with Crippen molar-refractivity contribution in [2.45, 2.75) is 13.8 Å². The van der Waals surface area contributed by atoms with Gasteiger partial charge in [-0.05, 0) is 25.5 Å². The van der Waals surface area contributed by atoms with E-state index in [0.29, 0.717) is 25.5 Å². The number of aromatic nitrogens is 2. The number of carbonyl (C=O) groups is 1. The Bertz CT molecular complexity index is 714. The molecule has 0 radical (unpaired) electrons. The number of amides is 1. The Hall–Kier alpha value is -2.47. The second-order valence-corrected chi connectivity index (χ2v) is 5.70. The highest BCUT2D eigenvalue weighted by Crippen LogP contribution is 2.22. The van der Waals surface area contributed by atoms with Gasteiger partial charge in [0.15, 0.2) is 0 Å². The first kappa shape index (κ1) is 16.4. The Morgan fingerprint density at radius 1 is 1.25 bits per heavy atom. The second kappa shape index (κ2) is 7.40. The molecule has 1 amide bonds. The summed E-state index contributed by atoms with van der Waals surface area (Å²) < 4.78 is 5.37. The average Bonchev–Trinajstić information content (AvgIpc) is 2.64. The van der Waals surface area contributed by atoms with Crippen molar-refractivity contribution in [2.75, 3.05) is 42.6 Å². The van der Waals surface area contributed by atoms with Crippen molar-refractivity contribution in [2.24, 2.45) is 0 Å². The van der Waals surface area contributed by atoms with Crippen molar-refractivity contribution < 1.29 is 9.53 Å². The average molecular weight is 326 g/mol. The molecule has 2 aromatic rings. The van der Waals surface area contributed by atoms with Crippen LogP contribution in [0, 0.1) is 6.92 Å². The van der Waals surface area contributed by atoms with Gasteiger partial charge in [0.25, 0.3) is 5.91 Å². The van der Waals surface area contributed by atoms with Crippen LogP contribution >= 0.6 is 0 Å². The zero-order valence-corrected chi connectivity index (χ0v) is 14.1. The summed E-state index contributed by atoms with van der Waals surface area (Å²) in [5.74, 6) is 0.668. The minimum atomic E-state index is -0.108. The number of carbonyl (C=O) groups excluding carboxylic acids is 1. The summed E-state index contributed by atoms with van der Waals surface area (Å²) in [6.45, 7) is 7.47. The molecule has 0 atom stereocenters. The molecule has 2 heterocycles. The Balaban J connectivity index is 1.87. The molecule has 126 valence electrons.